The minimum absolute atomic E-state index is 0.0187. The van der Waals surface area contributed by atoms with Crippen molar-refractivity contribution in [2.45, 2.75) is 38.4 Å². The maximum absolute atomic E-state index is 12.6. The third-order valence-corrected chi connectivity index (χ3v) is 5.77. The van der Waals surface area contributed by atoms with Gasteiger partial charge in [0.2, 0.25) is 5.91 Å². The van der Waals surface area contributed by atoms with Crippen molar-refractivity contribution in [3.8, 4) is 0 Å². The average Bonchev–Trinajstić information content (AvgIpc) is 2.73. The molecule has 0 aromatic carbocycles. The van der Waals surface area contributed by atoms with Crippen molar-refractivity contribution in [2.24, 2.45) is 11.3 Å². The van der Waals surface area contributed by atoms with Crippen LogP contribution in [0.3, 0.4) is 0 Å². The van der Waals surface area contributed by atoms with Gasteiger partial charge >= 0.3 is 0 Å². The van der Waals surface area contributed by atoms with Gasteiger partial charge in [-0.25, -0.2) is 8.42 Å². The summed E-state index contributed by atoms with van der Waals surface area (Å²) in [5.74, 6) is -0.380. The fraction of sp³-hybridized carbons (Fsp3) is 0.933. The Bertz CT molecular complexity index is 471. The van der Waals surface area contributed by atoms with Gasteiger partial charge in [-0.1, -0.05) is 20.3 Å². The number of nitrogens with zero attached hydrogens (tertiary/aromatic N) is 2. The molecule has 0 spiro atoms. The molecule has 1 amide bonds. The molecule has 0 aromatic rings. The lowest BCUT2D eigenvalue weighted by molar-refractivity contribution is -0.135. The third-order valence-electron chi connectivity index (χ3n) is 4.11. The minimum Gasteiger partial charge on any atom is -0.345 e. The smallest absolute Gasteiger partial charge is 0.226 e. The molecule has 1 fully saturated rings. The number of hydrogen-bond donors (Lipinski definition) is 0. The van der Waals surface area contributed by atoms with Crippen LogP contribution in [0.1, 0.15) is 33.1 Å². The molecule has 0 radical (unpaired) electrons. The van der Waals surface area contributed by atoms with Gasteiger partial charge in [-0.2, -0.15) is 0 Å². The quantitative estimate of drug-likeness (QED) is 0.739. The first kappa shape index (κ1) is 18.4. The van der Waals surface area contributed by atoms with E-state index in [4.69, 9.17) is 0 Å². The molecular formula is C15H30N2O3S. The molecule has 124 valence electrons. The Hall–Kier alpha value is -0.620. The van der Waals surface area contributed by atoms with E-state index in [1.807, 2.05) is 14.1 Å². The summed E-state index contributed by atoms with van der Waals surface area (Å²) >= 11 is 0. The summed E-state index contributed by atoms with van der Waals surface area (Å²) < 4.78 is 23.6. The Kier molecular flexibility index (Phi) is 5.83. The third kappa shape index (κ3) is 5.25. The van der Waals surface area contributed by atoms with Crippen LogP contribution in [0.4, 0.5) is 0 Å². The SMILES string of the molecule is CN(C)CC(C)(C)CN(C)C(=O)C1CCCC1S(C)(=O)=O. The Labute approximate surface area is 129 Å². The normalized spacial score (nSPS) is 23.6. The van der Waals surface area contributed by atoms with Crippen LogP contribution in [0.15, 0.2) is 0 Å². The molecule has 1 aliphatic carbocycles. The summed E-state index contributed by atoms with van der Waals surface area (Å²) in [6.45, 7) is 5.76. The first-order valence-electron chi connectivity index (χ1n) is 7.52. The topological polar surface area (TPSA) is 57.7 Å². The van der Waals surface area contributed by atoms with Crippen LogP contribution in [0.5, 0.6) is 0 Å². The second kappa shape index (κ2) is 6.65. The van der Waals surface area contributed by atoms with Crippen molar-refractivity contribution in [1.82, 2.24) is 9.80 Å². The van der Waals surface area contributed by atoms with E-state index in [1.54, 1.807) is 11.9 Å². The summed E-state index contributed by atoms with van der Waals surface area (Å²) in [4.78, 5) is 16.4. The maximum Gasteiger partial charge on any atom is 0.226 e. The van der Waals surface area contributed by atoms with Crippen LogP contribution in [0.25, 0.3) is 0 Å². The summed E-state index contributed by atoms with van der Waals surface area (Å²) in [6.07, 6.45) is 3.38. The molecule has 5 nitrogen and oxygen atoms in total. The second-order valence-electron chi connectivity index (χ2n) is 7.50. The van der Waals surface area contributed by atoms with Crippen molar-refractivity contribution >= 4 is 15.7 Å². The molecular weight excluding hydrogens is 288 g/mol. The van der Waals surface area contributed by atoms with Crippen molar-refractivity contribution in [3.05, 3.63) is 0 Å². The highest BCUT2D eigenvalue weighted by Gasteiger charge is 2.41. The first-order valence-corrected chi connectivity index (χ1v) is 9.48. The van der Waals surface area contributed by atoms with E-state index in [0.29, 0.717) is 19.4 Å². The first-order chi connectivity index (χ1) is 9.44. The highest BCUT2D eigenvalue weighted by Crippen LogP contribution is 2.32. The molecule has 0 saturated heterocycles. The average molecular weight is 318 g/mol. The van der Waals surface area contributed by atoms with E-state index in [9.17, 15) is 13.2 Å². The van der Waals surface area contributed by atoms with E-state index in [2.05, 4.69) is 18.7 Å². The van der Waals surface area contributed by atoms with Gasteiger partial charge in [-0.05, 0) is 32.4 Å². The molecule has 2 unspecified atom stereocenters. The number of hydrogen-bond acceptors (Lipinski definition) is 4. The van der Waals surface area contributed by atoms with E-state index in [-0.39, 0.29) is 17.2 Å². The molecule has 0 bridgehead atoms. The fourth-order valence-electron chi connectivity index (χ4n) is 3.63. The van der Waals surface area contributed by atoms with Gasteiger partial charge in [-0.3, -0.25) is 4.79 Å². The number of carbonyl (C=O) groups is 1. The van der Waals surface area contributed by atoms with Crippen LogP contribution in [0.2, 0.25) is 0 Å². The van der Waals surface area contributed by atoms with Crippen LogP contribution < -0.4 is 0 Å². The molecule has 21 heavy (non-hydrogen) atoms. The highest BCUT2D eigenvalue weighted by atomic mass is 32.2. The lowest BCUT2D eigenvalue weighted by Gasteiger charge is -2.34. The molecule has 0 aromatic heterocycles. The Balaban J connectivity index is 2.74. The van der Waals surface area contributed by atoms with Gasteiger partial charge in [-0.15, -0.1) is 0 Å². The van der Waals surface area contributed by atoms with Gasteiger partial charge in [0.1, 0.15) is 0 Å². The summed E-state index contributed by atoms with van der Waals surface area (Å²) in [7, 11) is 2.67. The Morgan fingerprint density at radius 1 is 1.14 bits per heavy atom. The predicted molar refractivity (Wildman–Crippen MR) is 85.9 cm³/mol. The second-order valence-corrected chi connectivity index (χ2v) is 9.77. The number of sulfone groups is 1. The zero-order chi connectivity index (χ0) is 16.4. The molecule has 0 heterocycles. The van der Waals surface area contributed by atoms with Gasteiger partial charge < -0.3 is 9.80 Å². The molecule has 6 heteroatoms. The van der Waals surface area contributed by atoms with Crippen LogP contribution in [-0.4, -0.2) is 69.9 Å². The fourth-order valence-corrected chi connectivity index (χ4v) is 5.07. The number of carbonyl (C=O) groups excluding carboxylic acids is 1. The van der Waals surface area contributed by atoms with E-state index in [0.717, 1.165) is 13.0 Å². The standard InChI is InChI=1S/C15H30N2O3S/c1-15(2,10-16(3)4)11-17(5)14(18)12-8-7-9-13(12)21(6,19)20/h12-13H,7-11H2,1-6H3. The Morgan fingerprint density at radius 2 is 1.71 bits per heavy atom. The van der Waals surface area contributed by atoms with E-state index >= 15 is 0 Å². The van der Waals surface area contributed by atoms with E-state index < -0.39 is 15.1 Å². The zero-order valence-corrected chi connectivity index (χ0v) is 15.0. The lowest BCUT2D eigenvalue weighted by atomic mass is 9.91. The molecule has 1 rings (SSSR count). The van der Waals surface area contributed by atoms with Gasteiger partial charge in [0.05, 0.1) is 11.2 Å². The van der Waals surface area contributed by atoms with Crippen LogP contribution in [0, 0.1) is 11.3 Å². The number of rotatable bonds is 6. The largest absolute Gasteiger partial charge is 0.345 e. The highest BCUT2D eigenvalue weighted by molar-refractivity contribution is 7.91. The Morgan fingerprint density at radius 3 is 2.19 bits per heavy atom. The minimum atomic E-state index is -3.15. The molecule has 2 atom stereocenters. The van der Waals surface area contributed by atoms with Crippen LogP contribution in [-0.2, 0) is 14.6 Å². The molecule has 1 saturated carbocycles. The van der Waals surface area contributed by atoms with Crippen molar-refractivity contribution < 1.29 is 13.2 Å². The van der Waals surface area contributed by atoms with E-state index in [1.165, 1.54) is 6.26 Å². The molecule has 1 aliphatic rings. The summed E-state index contributed by atoms with van der Waals surface area (Å²) in [5.41, 5.74) is -0.0207. The van der Waals surface area contributed by atoms with Gasteiger partial charge in [0.15, 0.2) is 9.84 Å². The van der Waals surface area contributed by atoms with Crippen molar-refractivity contribution in [3.63, 3.8) is 0 Å². The monoisotopic (exact) mass is 318 g/mol. The summed E-state index contributed by atoms with van der Waals surface area (Å²) in [5, 5.41) is -0.496. The van der Waals surface area contributed by atoms with Crippen molar-refractivity contribution in [2.75, 3.05) is 40.5 Å². The van der Waals surface area contributed by atoms with Crippen molar-refractivity contribution in [1.29, 1.82) is 0 Å². The molecule has 0 N–H and O–H groups in total. The van der Waals surface area contributed by atoms with Crippen LogP contribution >= 0.6 is 0 Å². The molecule has 0 aliphatic heterocycles. The predicted octanol–water partition coefficient (Wildman–Crippen LogP) is 1.25. The zero-order valence-electron chi connectivity index (χ0n) is 14.2. The lowest BCUT2D eigenvalue weighted by Crippen LogP contribution is -2.45. The number of amides is 1. The van der Waals surface area contributed by atoms with Gasteiger partial charge in [0.25, 0.3) is 0 Å². The van der Waals surface area contributed by atoms with Gasteiger partial charge in [0, 0.05) is 26.4 Å². The maximum atomic E-state index is 12.6. The summed E-state index contributed by atoms with van der Waals surface area (Å²) in [6, 6.07) is 0.